The van der Waals surface area contributed by atoms with Gasteiger partial charge in [-0.25, -0.2) is 4.79 Å². The Hall–Kier alpha value is -2.96. The molecule has 0 unspecified atom stereocenters. The second-order valence-electron chi connectivity index (χ2n) is 6.41. The van der Waals surface area contributed by atoms with Crippen molar-refractivity contribution in [3.05, 3.63) is 93.7 Å². The lowest BCUT2D eigenvalue weighted by atomic mass is 9.99. The van der Waals surface area contributed by atoms with Crippen LogP contribution in [0.5, 0.6) is 0 Å². The highest BCUT2D eigenvalue weighted by molar-refractivity contribution is 7.10. The first-order valence-electron chi connectivity index (χ1n) is 9.12. The van der Waals surface area contributed by atoms with Gasteiger partial charge in [0.05, 0.1) is 6.04 Å². The first-order chi connectivity index (χ1) is 13.6. The summed E-state index contributed by atoms with van der Waals surface area (Å²) >= 11 is 1.61. The van der Waals surface area contributed by atoms with Crippen LogP contribution in [0.3, 0.4) is 0 Å². The molecule has 2 atom stereocenters. The third-order valence-corrected chi connectivity index (χ3v) is 5.46. The zero-order valence-corrected chi connectivity index (χ0v) is 16.4. The number of benzene rings is 2. The number of nitrogens with one attached hydrogen (secondary N) is 2. The predicted molar refractivity (Wildman–Crippen MR) is 112 cm³/mol. The van der Waals surface area contributed by atoms with Crippen molar-refractivity contribution in [3.8, 4) is 0 Å². The number of nitrogens with two attached hydrogens (primary N) is 1. The van der Waals surface area contributed by atoms with Crippen LogP contribution in [-0.4, -0.2) is 11.9 Å². The molecule has 0 saturated heterocycles. The molecule has 3 amide bonds. The van der Waals surface area contributed by atoms with Gasteiger partial charge < -0.3 is 5.73 Å². The topological polar surface area (TPSA) is 84.2 Å². The van der Waals surface area contributed by atoms with E-state index < -0.39 is 18.0 Å². The molecule has 1 heterocycles. The van der Waals surface area contributed by atoms with Gasteiger partial charge in [-0.2, -0.15) is 0 Å². The molecule has 0 spiro atoms. The monoisotopic (exact) mass is 393 g/mol. The number of urea groups is 1. The molecular formula is C22H23N3O2S. The maximum atomic E-state index is 12.7. The Labute approximate surface area is 168 Å². The lowest BCUT2D eigenvalue weighted by Crippen LogP contribution is -2.44. The van der Waals surface area contributed by atoms with E-state index in [0.717, 1.165) is 22.4 Å². The van der Waals surface area contributed by atoms with Crippen LogP contribution in [0.2, 0.25) is 0 Å². The van der Waals surface area contributed by atoms with E-state index in [4.69, 9.17) is 5.73 Å². The molecule has 28 heavy (non-hydrogen) atoms. The Morgan fingerprint density at radius 2 is 1.68 bits per heavy atom. The normalized spacial score (nSPS) is 12.9. The van der Waals surface area contributed by atoms with Crippen LogP contribution in [0.1, 0.15) is 40.6 Å². The Kier molecular flexibility index (Phi) is 6.57. The fourth-order valence-electron chi connectivity index (χ4n) is 3.07. The third kappa shape index (κ3) is 4.85. The Morgan fingerprint density at radius 3 is 2.25 bits per heavy atom. The molecule has 3 rings (SSSR count). The van der Waals surface area contributed by atoms with Crippen LogP contribution in [-0.2, 0) is 11.2 Å². The fourth-order valence-corrected chi connectivity index (χ4v) is 3.88. The number of thiophene rings is 1. The van der Waals surface area contributed by atoms with Crippen molar-refractivity contribution in [2.75, 3.05) is 0 Å². The molecule has 0 aliphatic heterocycles. The van der Waals surface area contributed by atoms with Crippen molar-refractivity contribution in [1.82, 2.24) is 10.6 Å². The van der Waals surface area contributed by atoms with Crippen LogP contribution >= 0.6 is 11.3 Å². The Bertz CT molecular complexity index is 909. The smallest absolute Gasteiger partial charge is 0.318 e. The first kappa shape index (κ1) is 19.8. The zero-order valence-electron chi connectivity index (χ0n) is 15.6. The van der Waals surface area contributed by atoms with Crippen LogP contribution in [0.25, 0.3) is 0 Å². The third-order valence-electron chi connectivity index (χ3n) is 4.52. The minimum atomic E-state index is -0.868. The summed E-state index contributed by atoms with van der Waals surface area (Å²) in [5.41, 5.74) is 8.24. The number of primary amides is 1. The predicted octanol–water partition coefficient (Wildman–Crippen LogP) is 3.93. The van der Waals surface area contributed by atoms with Crippen molar-refractivity contribution in [1.29, 1.82) is 0 Å². The van der Waals surface area contributed by atoms with Crippen molar-refractivity contribution in [2.24, 2.45) is 5.73 Å². The highest BCUT2D eigenvalue weighted by Crippen LogP contribution is 2.29. The summed E-state index contributed by atoms with van der Waals surface area (Å²) in [6.45, 7) is 2.11. The number of imide groups is 1. The van der Waals surface area contributed by atoms with E-state index in [2.05, 4.69) is 41.8 Å². The quantitative estimate of drug-likeness (QED) is 0.569. The largest absolute Gasteiger partial charge is 0.351 e. The van der Waals surface area contributed by atoms with E-state index in [9.17, 15) is 9.59 Å². The van der Waals surface area contributed by atoms with Crippen molar-refractivity contribution >= 4 is 23.3 Å². The maximum Gasteiger partial charge on any atom is 0.318 e. The zero-order chi connectivity index (χ0) is 19.9. The summed E-state index contributed by atoms with van der Waals surface area (Å²) in [6, 6.07) is 19.9. The van der Waals surface area contributed by atoms with Gasteiger partial charge in [0.1, 0.15) is 6.04 Å². The second-order valence-corrected chi connectivity index (χ2v) is 7.39. The van der Waals surface area contributed by atoms with Crippen molar-refractivity contribution in [3.63, 3.8) is 0 Å². The maximum absolute atomic E-state index is 12.7. The minimum absolute atomic E-state index is 0.199. The lowest BCUT2D eigenvalue weighted by molar-refractivity contribution is -0.122. The molecule has 0 aliphatic carbocycles. The SMILES string of the molecule is CCc1ccc([C@@H](N[C@H](C(=O)NC(N)=O)c2ccccc2)c2cccs2)cc1. The van der Waals surface area contributed by atoms with Crippen molar-refractivity contribution in [2.45, 2.75) is 25.4 Å². The summed E-state index contributed by atoms with van der Waals surface area (Å²) in [5.74, 6) is -0.481. The minimum Gasteiger partial charge on any atom is -0.351 e. The van der Waals surface area contributed by atoms with E-state index in [1.165, 1.54) is 5.56 Å². The molecule has 0 saturated carbocycles. The average Bonchev–Trinajstić information content (AvgIpc) is 3.23. The molecule has 2 aromatic carbocycles. The molecule has 1 aromatic heterocycles. The summed E-state index contributed by atoms with van der Waals surface area (Å²) in [4.78, 5) is 25.1. The number of rotatable bonds is 7. The van der Waals surface area contributed by atoms with Gasteiger partial charge in [-0.3, -0.25) is 15.4 Å². The number of carbonyl (C=O) groups is 2. The van der Waals surface area contributed by atoms with Crippen LogP contribution in [0.4, 0.5) is 4.79 Å². The second kappa shape index (κ2) is 9.30. The number of carbonyl (C=O) groups excluding carboxylic acids is 2. The molecule has 3 aromatic rings. The molecule has 144 valence electrons. The summed E-state index contributed by atoms with van der Waals surface area (Å²) < 4.78 is 0. The number of hydrogen-bond donors (Lipinski definition) is 3. The molecule has 0 aliphatic rings. The summed E-state index contributed by atoms with van der Waals surface area (Å²) in [7, 11) is 0. The fraction of sp³-hybridized carbons (Fsp3) is 0.182. The number of hydrogen-bond acceptors (Lipinski definition) is 4. The van der Waals surface area contributed by atoms with E-state index in [1.54, 1.807) is 11.3 Å². The Morgan fingerprint density at radius 1 is 0.964 bits per heavy atom. The van der Waals surface area contributed by atoms with E-state index in [1.807, 2.05) is 47.8 Å². The molecule has 0 bridgehead atoms. The molecule has 6 heteroatoms. The molecule has 0 fully saturated rings. The van der Waals surface area contributed by atoms with Crippen LogP contribution in [0, 0.1) is 0 Å². The van der Waals surface area contributed by atoms with Gasteiger partial charge >= 0.3 is 6.03 Å². The van der Waals surface area contributed by atoms with Gasteiger partial charge in [0, 0.05) is 4.88 Å². The molecular weight excluding hydrogens is 370 g/mol. The van der Waals surface area contributed by atoms with Gasteiger partial charge in [-0.15, -0.1) is 11.3 Å². The average molecular weight is 394 g/mol. The van der Waals surface area contributed by atoms with Gasteiger partial charge in [0.25, 0.3) is 0 Å². The van der Waals surface area contributed by atoms with Crippen molar-refractivity contribution < 1.29 is 9.59 Å². The van der Waals surface area contributed by atoms with Crippen LogP contribution < -0.4 is 16.4 Å². The van der Waals surface area contributed by atoms with Crippen LogP contribution in [0.15, 0.2) is 72.1 Å². The van der Waals surface area contributed by atoms with E-state index >= 15 is 0 Å². The van der Waals surface area contributed by atoms with Gasteiger partial charge in [-0.1, -0.05) is 67.6 Å². The summed E-state index contributed by atoms with van der Waals surface area (Å²) in [6.07, 6.45) is 0.963. The first-order valence-corrected chi connectivity index (χ1v) is 10.00. The van der Waals surface area contributed by atoms with Gasteiger partial charge in [-0.05, 0) is 34.6 Å². The molecule has 4 N–H and O–H groups in total. The van der Waals surface area contributed by atoms with E-state index in [0.29, 0.717) is 0 Å². The van der Waals surface area contributed by atoms with Gasteiger partial charge in [0.15, 0.2) is 0 Å². The van der Waals surface area contributed by atoms with E-state index in [-0.39, 0.29) is 6.04 Å². The lowest BCUT2D eigenvalue weighted by Gasteiger charge is -2.25. The summed E-state index contributed by atoms with van der Waals surface area (Å²) in [5, 5.41) is 7.63. The highest BCUT2D eigenvalue weighted by Gasteiger charge is 2.27. The van der Waals surface area contributed by atoms with Gasteiger partial charge in [0.2, 0.25) is 5.91 Å². The molecule has 0 radical (unpaired) electrons. The Balaban J connectivity index is 1.97. The molecule has 5 nitrogen and oxygen atoms in total. The standard InChI is InChI=1S/C22H23N3O2S/c1-2-15-10-12-17(13-11-15)19(18-9-6-14-28-18)24-20(21(26)25-22(23)27)16-7-4-3-5-8-16/h3-14,19-20,24H,2H2,1H3,(H3,23,25,26,27)/t19-,20+/m1/s1. The number of aryl methyl sites for hydroxylation is 1. The number of amides is 3. The highest BCUT2D eigenvalue weighted by atomic mass is 32.1.